The minimum atomic E-state index is -0.477. The SMILES string of the molecule is C=C(C)C(O)CC/C(C)=C/COc1cc(OC)cc2oc(=O)ccc12. The van der Waals surface area contributed by atoms with Crippen molar-refractivity contribution in [1.82, 2.24) is 0 Å². The van der Waals surface area contributed by atoms with Gasteiger partial charge in [-0.15, -0.1) is 0 Å². The Labute approximate surface area is 147 Å². The van der Waals surface area contributed by atoms with Crippen LogP contribution in [0.2, 0.25) is 0 Å². The molecule has 2 rings (SSSR count). The number of methoxy groups -OCH3 is 1. The van der Waals surface area contributed by atoms with Crippen LogP contribution in [0.15, 0.2) is 57.3 Å². The Bertz CT molecular complexity index is 832. The van der Waals surface area contributed by atoms with Crippen LogP contribution >= 0.6 is 0 Å². The van der Waals surface area contributed by atoms with Crippen molar-refractivity contribution >= 4 is 11.0 Å². The minimum Gasteiger partial charge on any atom is -0.496 e. The average Bonchev–Trinajstić information content (AvgIpc) is 2.58. The van der Waals surface area contributed by atoms with E-state index in [0.29, 0.717) is 35.5 Å². The predicted molar refractivity (Wildman–Crippen MR) is 98.3 cm³/mol. The third-order valence-electron chi connectivity index (χ3n) is 3.96. The molecule has 1 N–H and O–H groups in total. The van der Waals surface area contributed by atoms with Gasteiger partial charge in [0, 0.05) is 18.2 Å². The maximum Gasteiger partial charge on any atom is 0.336 e. The number of ether oxygens (including phenoxy) is 2. The first-order valence-corrected chi connectivity index (χ1v) is 8.14. The third kappa shape index (κ3) is 5.22. The smallest absolute Gasteiger partial charge is 0.336 e. The fourth-order valence-corrected chi connectivity index (χ4v) is 2.34. The van der Waals surface area contributed by atoms with Gasteiger partial charge >= 0.3 is 5.63 Å². The van der Waals surface area contributed by atoms with E-state index in [1.54, 1.807) is 25.3 Å². The van der Waals surface area contributed by atoms with Gasteiger partial charge in [0.1, 0.15) is 23.7 Å². The molecule has 5 heteroatoms. The second-order valence-electron chi connectivity index (χ2n) is 6.05. The Morgan fingerprint density at radius 1 is 1.36 bits per heavy atom. The Balaban J connectivity index is 2.08. The van der Waals surface area contributed by atoms with Crippen molar-refractivity contribution < 1.29 is 19.0 Å². The van der Waals surface area contributed by atoms with Crippen LogP contribution in [0.4, 0.5) is 0 Å². The number of aliphatic hydroxyl groups is 1. The molecule has 0 fully saturated rings. The van der Waals surface area contributed by atoms with Gasteiger partial charge in [-0.05, 0) is 38.8 Å². The Morgan fingerprint density at radius 3 is 2.80 bits per heavy atom. The molecule has 2 aromatic rings. The van der Waals surface area contributed by atoms with Gasteiger partial charge in [0.25, 0.3) is 0 Å². The van der Waals surface area contributed by atoms with E-state index in [0.717, 1.165) is 17.6 Å². The van der Waals surface area contributed by atoms with Crippen LogP contribution in [-0.2, 0) is 0 Å². The minimum absolute atomic E-state index is 0.371. The van der Waals surface area contributed by atoms with Gasteiger partial charge in [0.15, 0.2) is 0 Å². The van der Waals surface area contributed by atoms with E-state index in [9.17, 15) is 9.90 Å². The van der Waals surface area contributed by atoms with E-state index in [2.05, 4.69) is 6.58 Å². The second kappa shape index (κ2) is 8.53. The van der Waals surface area contributed by atoms with Crippen molar-refractivity contribution in [3.63, 3.8) is 0 Å². The van der Waals surface area contributed by atoms with Crippen molar-refractivity contribution in [2.45, 2.75) is 32.8 Å². The first-order chi connectivity index (χ1) is 11.9. The first-order valence-electron chi connectivity index (χ1n) is 8.14. The number of hydrogen-bond acceptors (Lipinski definition) is 5. The maximum atomic E-state index is 11.4. The van der Waals surface area contributed by atoms with Gasteiger partial charge in [0.2, 0.25) is 0 Å². The highest BCUT2D eigenvalue weighted by atomic mass is 16.5. The summed E-state index contributed by atoms with van der Waals surface area (Å²) in [6.45, 7) is 7.94. The summed E-state index contributed by atoms with van der Waals surface area (Å²) in [4.78, 5) is 11.4. The van der Waals surface area contributed by atoms with Gasteiger partial charge < -0.3 is 19.0 Å². The van der Waals surface area contributed by atoms with E-state index in [1.807, 2.05) is 19.9 Å². The Morgan fingerprint density at radius 2 is 2.12 bits per heavy atom. The molecule has 1 unspecified atom stereocenters. The second-order valence-corrected chi connectivity index (χ2v) is 6.05. The summed E-state index contributed by atoms with van der Waals surface area (Å²) in [5.74, 6) is 1.14. The van der Waals surface area contributed by atoms with Gasteiger partial charge in [-0.1, -0.05) is 17.7 Å². The summed E-state index contributed by atoms with van der Waals surface area (Å²) in [5.41, 5.74) is 1.90. The summed E-state index contributed by atoms with van der Waals surface area (Å²) in [6, 6.07) is 6.46. The molecular weight excluding hydrogens is 320 g/mol. The van der Waals surface area contributed by atoms with Crippen molar-refractivity contribution in [3.05, 3.63) is 58.5 Å². The summed E-state index contributed by atoms with van der Waals surface area (Å²) in [6.07, 6.45) is 2.90. The molecule has 0 aliphatic rings. The standard InChI is InChI=1S/C20H24O5/c1-13(2)17(21)7-5-14(3)9-10-24-18-11-15(23-4)12-19-16(18)6-8-20(22)25-19/h6,8-9,11-12,17,21H,1,5,7,10H2,2-4H3/b14-9+. The number of allylic oxidation sites excluding steroid dienone is 1. The highest BCUT2D eigenvalue weighted by Gasteiger charge is 2.08. The summed E-state index contributed by atoms with van der Waals surface area (Å²) < 4.78 is 16.2. The van der Waals surface area contributed by atoms with E-state index < -0.39 is 11.7 Å². The molecule has 0 aliphatic carbocycles. The van der Waals surface area contributed by atoms with Gasteiger partial charge in [0.05, 0.1) is 18.6 Å². The Hall–Kier alpha value is -2.53. The van der Waals surface area contributed by atoms with Crippen LogP contribution in [0.3, 0.4) is 0 Å². The lowest BCUT2D eigenvalue weighted by Gasteiger charge is -2.11. The zero-order chi connectivity index (χ0) is 18.4. The monoisotopic (exact) mass is 344 g/mol. The predicted octanol–water partition coefficient (Wildman–Crippen LogP) is 3.84. The van der Waals surface area contributed by atoms with Crippen molar-refractivity contribution in [2.24, 2.45) is 0 Å². The molecule has 0 bridgehead atoms. The number of fused-ring (bicyclic) bond motifs is 1. The fourth-order valence-electron chi connectivity index (χ4n) is 2.34. The highest BCUT2D eigenvalue weighted by Crippen LogP contribution is 2.30. The van der Waals surface area contributed by atoms with E-state index >= 15 is 0 Å². The molecule has 0 saturated carbocycles. The summed E-state index contributed by atoms with van der Waals surface area (Å²) in [7, 11) is 1.54. The number of rotatable bonds is 8. The number of aliphatic hydroxyl groups excluding tert-OH is 1. The molecule has 0 spiro atoms. The van der Waals surface area contributed by atoms with Crippen molar-refractivity contribution in [3.8, 4) is 11.5 Å². The largest absolute Gasteiger partial charge is 0.496 e. The van der Waals surface area contributed by atoms with E-state index in [-0.39, 0.29) is 0 Å². The summed E-state index contributed by atoms with van der Waals surface area (Å²) in [5, 5.41) is 10.5. The summed E-state index contributed by atoms with van der Waals surface area (Å²) >= 11 is 0. The quantitative estimate of drug-likeness (QED) is 0.582. The lowest BCUT2D eigenvalue weighted by Crippen LogP contribution is -2.07. The molecule has 0 saturated heterocycles. The fraction of sp³-hybridized carbons (Fsp3) is 0.350. The lowest BCUT2D eigenvalue weighted by atomic mass is 10.0. The molecule has 5 nitrogen and oxygen atoms in total. The van der Waals surface area contributed by atoms with Gasteiger partial charge in [-0.2, -0.15) is 0 Å². The zero-order valence-electron chi connectivity index (χ0n) is 14.9. The molecule has 1 aromatic heterocycles. The van der Waals surface area contributed by atoms with Crippen molar-refractivity contribution in [1.29, 1.82) is 0 Å². The topological polar surface area (TPSA) is 68.9 Å². The van der Waals surface area contributed by atoms with Gasteiger partial charge in [-0.3, -0.25) is 0 Å². The molecule has 0 amide bonds. The average molecular weight is 344 g/mol. The van der Waals surface area contributed by atoms with Crippen LogP contribution < -0.4 is 15.1 Å². The zero-order valence-corrected chi connectivity index (χ0v) is 14.9. The molecule has 134 valence electrons. The first kappa shape index (κ1) is 18.8. The van der Waals surface area contributed by atoms with Gasteiger partial charge in [-0.25, -0.2) is 4.79 Å². The van der Waals surface area contributed by atoms with E-state index in [1.165, 1.54) is 6.07 Å². The molecule has 25 heavy (non-hydrogen) atoms. The van der Waals surface area contributed by atoms with Crippen LogP contribution in [0, 0.1) is 0 Å². The molecule has 0 radical (unpaired) electrons. The molecule has 0 aliphatic heterocycles. The van der Waals surface area contributed by atoms with Crippen LogP contribution in [0.5, 0.6) is 11.5 Å². The molecule has 1 atom stereocenters. The lowest BCUT2D eigenvalue weighted by molar-refractivity contribution is 0.201. The molecule has 1 aromatic carbocycles. The third-order valence-corrected chi connectivity index (χ3v) is 3.96. The van der Waals surface area contributed by atoms with Crippen LogP contribution in [0.25, 0.3) is 11.0 Å². The molecule has 1 heterocycles. The molecular formula is C20H24O5. The van der Waals surface area contributed by atoms with Crippen LogP contribution in [-0.4, -0.2) is 24.9 Å². The number of benzene rings is 1. The van der Waals surface area contributed by atoms with Crippen LogP contribution in [0.1, 0.15) is 26.7 Å². The number of hydrogen-bond donors (Lipinski definition) is 1. The Kier molecular flexibility index (Phi) is 6.42. The normalized spacial score (nSPS) is 12.9. The van der Waals surface area contributed by atoms with Crippen molar-refractivity contribution in [2.75, 3.05) is 13.7 Å². The van der Waals surface area contributed by atoms with E-state index in [4.69, 9.17) is 13.9 Å². The highest BCUT2D eigenvalue weighted by molar-refractivity contribution is 5.85. The maximum absolute atomic E-state index is 11.4.